The molecule has 3 aromatic heterocycles. The van der Waals surface area contributed by atoms with Gasteiger partial charge in [0, 0.05) is 45.6 Å². The average molecular weight is 514 g/mol. The van der Waals surface area contributed by atoms with E-state index in [1.807, 2.05) is 23.7 Å². The number of β-amino-alcohol motifs (C(OH)–C–C–N with tert-alkyl or cyclic N) is 1. The smallest absolute Gasteiger partial charge is 0.332 e. The van der Waals surface area contributed by atoms with Gasteiger partial charge < -0.3 is 19.1 Å². The van der Waals surface area contributed by atoms with E-state index in [1.165, 1.54) is 17.9 Å². The molecule has 0 aliphatic carbocycles. The first-order valence-electron chi connectivity index (χ1n) is 11.7. The highest BCUT2D eigenvalue weighted by Gasteiger charge is 2.41. The van der Waals surface area contributed by atoms with Crippen LogP contribution in [-0.4, -0.2) is 62.8 Å². The van der Waals surface area contributed by atoms with Crippen LogP contribution in [0.5, 0.6) is 0 Å². The first-order chi connectivity index (χ1) is 17.0. The van der Waals surface area contributed by atoms with Gasteiger partial charge in [0.15, 0.2) is 11.2 Å². The molecule has 1 aromatic carbocycles. The summed E-state index contributed by atoms with van der Waals surface area (Å²) in [5.74, 6) is 0.709. The van der Waals surface area contributed by atoms with E-state index in [0.29, 0.717) is 24.4 Å². The largest absolute Gasteiger partial charge is 0.386 e. The van der Waals surface area contributed by atoms with Crippen LogP contribution in [0.4, 0.5) is 0 Å². The van der Waals surface area contributed by atoms with Crippen LogP contribution in [-0.2, 0) is 32.4 Å². The number of benzene rings is 1. The van der Waals surface area contributed by atoms with Gasteiger partial charge in [-0.25, -0.2) is 14.8 Å². The lowest BCUT2D eigenvalue weighted by Gasteiger charge is -2.43. The zero-order chi connectivity index (χ0) is 25.9. The fraction of sp³-hybridized carbons (Fsp3) is 0.458. The molecule has 4 aromatic rings. The number of carbonyl (C=O) groups is 1. The molecule has 1 amide bonds. The number of halogens is 1. The number of aliphatic hydroxyl groups is 1. The number of imidazole rings is 2. The van der Waals surface area contributed by atoms with Crippen LogP contribution in [0.25, 0.3) is 22.2 Å². The molecule has 0 unspecified atom stereocenters. The molecule has 190 valence electrons. The Morgan fingerprint density at radius 1 is 1.19 bits per heavy atom. The zero-order valence-corrected chi connectivity index (χ0v) is 21.4. The first kappa shape index (κ1) is 24.3. The van der Waals surface area contributed by atoms with Crippen molar-refractivity contribution in [3.63, 3.8) is 0 Å². The molecule has 1 fully saturated rings. The maximum absolute atomic E-state index is 13.1. The van der Waals surface area contributed by atoms with Crippen LogP contribution in [0, 0.1) is 0 Å². The summed E-state index contributed by atoms with van der Waals surface area (Å²) in [6.07, 6.45) is 2.63. The Bertz CT molecular complexity index is 1630. The number of likely N-dealkylation sites (tertiary alicyclic amines) is 1. The Hall–Kier alpha value is -3.44. The van der Waals surface area contributed by atoms with Crippen LogP contribution < -0.4 is 11.2 Å². The molecule has 4 heterocycles. The number of nitrogens with zero attached hydrogens (tertiary/aromatic N) is 7. The number of carbonyl (C=O) groups excluding carboxylic acids is 1. The van der Waals surface area contributed by atoms with E-state index in [9.17, 15) is 19.5 Å². The third-order valence-electron chi connectivity index (χ3n) is 7.26. The van der Waals surface area contributed by atoms with E-state index in [1.54, 1.807) is 29.5 Å². The highest BCUT2D eigenvalue weighted by atomic mass is 35.5. The Morgan fingerprint density at radius 3 is 2.67 bits per heavy atom. The molecule has 0 saturated carbocycles. The second-order valence-corrected chi connectivity index (χ2v) is 10.2. The van der Waals surface area contributed by atoms with Crippen molar-refractivity contribution in [3.8, 4) is 0 Å². The molecule has 12 heteroatoms. The number of aromatic nitrogens is 6. The summed E-state index contributed by atoms with van der Waals surface area (Å²) in [5, 5.41) is 12.0. The van der Waals surface area contributed by atoms with Crippen LogP contribution in [0.1, 0.15) is 31.6 Å². The third kappa shape index (κ3) is 3.82. The summed E-state index contributed by atoms with van der Waals surface area (Å²) in [4.78, 5) is 48.7. The van der Waals surface area contributed by atoms with Crippen molar-refractivity contribution < 1.29 is 9.90 Å². The van der Waals surface area contributed by atoms with Crippen molar-refractivity contribution in [3.05, 3.63) is 56.2 Å². The monoisotopic (exact) mass is 513 g/mol. The molecule has 11 nitrogen and oxygen atoms in total. The van der Waals surface area contributed by atoms with Crippen molar-refractivity contribution >= 4 is 39.7 Å². The van der Waals surface area contributed by atoms with Gasteiger partial charge in [0.2, 0.25) is 5.91 Å². The molecule has 36 heavy (non-hydrogen) atoms. The lowest BCUT2D eigenvalue weighted by atomic mass is 9.88. The standard InChI is InChI=1S/C24H28ClN7O4/c1-24(36)12-31(19(33)8-7-18-27-15-11-14(25)5-6-16(15)28(18)2)10-9-17(24)32-13-26-21-20(32)22(34)30(4)23(35)29(21)3/h5-6,11,13,17,36H,7-10,12H2,1-4H3/t17-,24-/m1/s1. The minimum absolute atomic E-state index is 0.0763. The number of fused-ring (bicyclic) bond motifs is 2. The van der Waals surface area contributed by atoms with Crippen molar-refractivity contribution in [2.24, 2.45) is 21.1 Å². The molecule has 0 radical (unpaired) electrons. The van der Waals surface area contributed by atoms with Gasteiger partial charge in [0.25, 0.3) is 5.56 Å². The maximum Gasteiger partial charge on any atom is 0.332 e. The number of piperidine rings is 1. The van der Waals surface area contributed by atoms with E-state index >= 15 is 0 Å². The summed E-state index contributed by atoms with van der Waals surface area (Å²) < 4.78 is 5.95. The minimum atomic E-state index is -1.31. The number of rotatable bonds is 4. The minimum Gasteiger partial charge on any atom is -0.386 e. The van der Waals surface area contributed by atoms with Gasteiger partial charge >= 0.3 is 5.69 Å². The Balaban J connectivity index is 1.34. The first-order valence-corrected chi connectivity index (χ1v) is 12.1. The van der Waals surface area contributed by atoms with Crippen molar-refractivity contribution in [2.45, 2.75) is 37.8 Å². The van der Waals surface area contributed by atoms with Crippen LogP contribution in [0.15, 0.2) is 34.1 Å². The van der Waals surface area contributed by atoms with Crippen LogP contribution in [0.3, 0.4) is 0 Å². The summed E-state index contributed by atoms with van der Waals surface area (Å²) in [6.45, 7) is 2.19. The molecule has 1 aliphatic rings. The highest BCUT2D eigenvalue weighted by molar-refractivity contribution is 6.31. The Morgan fingerprint density at radius 2 is 1.94 bits per heavy atom. The fourth-order valence-electron chi connectivity index (χ4n) is 5.24. The van der Waals surface area contributed by atoms with Gasteiger partial charge in [-0.2, -0.15) is 0 Å². The molecule has 0 bridgehead atoms. The van der Waals surface area contributed by atoms with Gasteiger partial charge in [-0.05, 0) is 31.5 Å². The van der Waals surface area contributed by atoms with Crippen molar-refractivity contribution in [2.75, 3.05) is 13.1 Å². The lowest BCUT2D eigenvalue weighted by molar-refractivity contribution is -0.140. The number of amides is 1. The third-order valence-corrected chi connectivity index (χ3v) is 7.50. The molecule has 1 aliphatic heterocycles. The Labute approximate surface area is 211 Å². The van der Waals surface area contributed by atoms with E-state index in [2.05, 4.69) is 9.97 Å². The quantitative estimate of drug-likeness (QED) is 0.437. The van der Waals surface area contributed by atoms with E-state index < -0.39 is 22.9 Å². The molecule has 1 saturated heterocycles. The Kier molecular flexibility index (Phi) is 5.79. The van der Waals surface area contributed by atoms with Gasteiger partial charge in [-0.1, -0.05) is 11.6 Å². The van der Waals surface area contributed by atoms with Crippen LogP contribution >= 0.6 is 11.6 Å². The topological polar surface area (TPSA) is 120 Å². The predicted octanol–water partition coefficient (Wildman–Crippen LogP) is 1.13. The van der Waals surface area contributed by atoms with Gasteiger partial charge in [-0.15, -0.1) is 0 Å². The molecular formula is C24H28ClN7O4. The number of aryl methyl sites for hydroxylation is 3. The lowest BCUT2D eigenvalue weighted by Crippen LogP contribution is -2.54. The summed E-state index contributed by atoms with van der Waals surface area (Å²) in [6, 6.07) is 5.03. The second-order valence-electron chi connectivity index (χ2n) is 9.73. The van der Waals surface area contributed by atoms with E-state index in [-0.39, 0.29) is 30.0 Å². The predicted molar refractivity (Wildman–Crippen MR) is 135 cm³/mol. The molecular weight excluding hydrogens is 486 g/mol. The van der Waals surface area contributed by atoms with Crippen LogP contribution in [0.2, 0.25) is 5.02 Å². The second kappa shape index (κ2) is 8.59. The van der Waals surface area contributed by atoms with Crippen molar-refractivity contribution in [1.82, 2.24) is 33.1 Å². The number of hydrogen-bond acceptors (Lipinski definition) is 6. The molecule has 0 spiro atoms. The van der Waals surface area contributed by atoms with Gasteiger partial charge in [0.1, 0.15) is 11.4 Å². The van der Waals surface area contributed by atoms with E-state index in [0.717, 1.165) is 21.4 Å². The van der Waals surface area contributed by atoms with E-state index in [4.69, 9.17) is 11.6 Å². The van der Waals surface area contributed by atoms with Gasteiger partial charge in [-0.3, -0.25) is 18.7 Å². The summed E-state index contributed by atoms with van der Waals surface area (Å²) in [5.41, 5.74) is 0.00912. The van der Waals surface area contributed by atoms with Gasteiger partial charge in [0.05, 0.1) is 29.9 Å². The summed E-state index contributed by atoms with van der Waals surface area (Å²) >= 11 is 6.07. The normalized spacial score (nSPS) is 20.5. The SMILES string of the molecule is Cn1c(=O)c2c(ncn2[C@@H]2CCN(C(=O)CCc3nc4cc(Cl)ccc4n3C)C[C@@]2(C)O)n(C)c1=O. The zero-order valence-electron chi connectivity index (χ0n) is 20.6. The van der Waals surface area contributed by atoms with Crippen molar-refractivity contribution in [1.29, 1.82) is 0 Å². The average Bonchev–Trinajstić information content (AvgIpc) is 3.40. The fourth-order valence-corrected chi connectivity index (χ4v) is 5.40. The molecule has 2 atom stereocenters. The molecule has 1 N–H and O–H groups in total. The molecule has 5 rings (SSSR count). The summed E-state index contributed by atoms with van der Waals surface area (Å²) in [7, 11) is 4.88. The highest BCUT2D eigenvalue weighted by Crippen LogP contribution is 2.33. The number of hydrogen-bond donors (Lipinski definition) is 1. The maximum atomic E-state index is 13.1.